The molecule has 1 aliphatic rings. The fraction of sp³-hybridized carbons (Fsp3) is 0.167. The van der Waals surface area contributed by atoms with E-state index in [0.717, 1.165) is 28.2 Å². The molecule has 0 aliphatic heterocycles. The summed E-state index contributed by atoms with van der Waals surface area (Å²) in [6.45, 7) is 0. The van der Waals surface area contributed by atoms with Crippen LogP contribution in [0.3, 0.4) is 0 Å². The summed E-state index contributed by atoms with van der Waals surface area (Å²) in [6.07, 6.45) is 3.43. The number of para-hydroxylation sites is 1. The predicted octanol–water partition coefficient (Wildman–Crippen LogP) is 4.04. The van der Waals surface area contributed by atoms with Gasteiger partial charge in [0.15, 0.2) is 0 Å². The first-order valence-electron chi connectivity index (χ1n) is 7.30. The van der Waals surface area contributed by atoms with E-state index in [1.165, 1.54) is 11.1 Å². The van der Waals surface area contributed by atoms with Crippen molar-refractivity contribution in [2.75, 3.05) is 5.73 Å². The van der Waals surface area contributed by atoms with Crippen LogP contribution in [0.5, 0.6) is 0 Å². The van der Waals surface area contributed by atoms with Gasteiger partial charge in [0.1, 0.15) is 0 Å². The summed E-state index contributed by atoms with van der Waals surface area (Å²) < 4.78 is 2.78. The van der Waals surface area contributed by atoms with Gasteiger partial charge in [-0.1, -0.05) is 34.1 Å². The fourth-order valence-corrected chi connectivity index (χ4v) is 3.77. The van der Waals surface area contributed by atoms with Crippen LogP contribution in [0, 0.1) is 5.92 Å². The predicted molar refractivity (Wildman–Crippen MR) is 92.0 cm³/mol. The van der Waals surface area contributed by atoms with Crippen molar-refractivity contribution in [2.24, 2.45) is 5.92 Å². The van der Waals surface area contributed by atoms with E-state index in [2.05, 4.69) is 28.1 Å². The third-order valence-corrected chi connectivity index (χ3v) is 4.92. The number of nitrogens with two attached hydrogens (primary N) is 1. The zero-order valence-electron chi connectivity index (χ0n) is 11.9. The van der Waals surface area contributed by atoms with Crippen LogP contribution in [0.15, 0.2) is 53.1 Å². The standard InChI is InChI=1S/C18H15BrN2O/c19-15-5-4-12-8-14(9-13(12)10-15)18(22)21-7-6-11-2-1-3-16(20)17(11)21/h1-7,10,14H,8-9,20H2. The number of hydrogen-bond acceptors (Lipinski definition) is 2. The van der Waals surface area contributed by atoms with E-state index >= 15 is 0 Å². The maximum Gasteiger partial charge on any atom is 0.234 e. The molecule has 110 valence electrons. The summed E-state index contributed by atoms with van der Waals surface area (Å²) in [6, 6.07) is 13.9. The summed E-state index contributed by atoms with van der Waals surface area (Å²) in [5.41, 5.74) is 10.1. The van der Waals surface area contributed by atoms with Gasteiger partial charge in [0.05, 0.1) is 11.2 Å². The number of benzene rings is 2. The molecule has 1 aromatic heterocycles. The van der Waals surface area contributed by atoms with Gasteiger partial charge in [-0.05, 0) is 48.2 Å². The van der Waals surface area contributed by atoms with E-state index in [0.29, 0.717) is 5.69 Å². The molecule has 0 bridgehead atoms. The topological polar surface area (TPSA) is 48.0 Å². The van der Waals surface area contributed by atoms with Crippen LogP contribution in [0.25, 0.3) is 10.9 Å². The van der Waals surface area contributed by atoms with E-state index in [4.69, 9.17) is 5.73 Å². The molecule has 0 saturated heterocycles. The lowest BCUT2D eigenvalue weighted by Gasteiger charge is -2.11. The molecule has 1 unspecified atom stereocenters. The van der Waals surface area contributed by atoms with E-state index < -0.39 is 0 Å². The Labute approximate surface area is 136 Å². The molecule has 0 amide bonds. The van der Waals surface area contributed by atoms with Gasteiger partial charge in [0.2, 0.25) is 5.91 Å². The Morgan fingerprint density at radius 3 is 2.82 bits per heavy atom. The summed E-state index contributed by atoms with van der Waals surface area (Å²) >= 11 is 3.50. The first-order valence-corrected chi connectivity index (χ1v) is 8.10. The van der Waals surface area contributed by atoms with Crippen molar-refractivity contribution in [3.63, 3.8) is 0 Å². The first-order chi connectivity index (χ1) is 10.6. The van der Waals surface area contributed by atoms with Crippen molar-refractivity contribution in [2.45, 2.75) is 12.8 Å². The second kappa shape index (κ2) is 4.99. The normalized spacial score (nSPS) is 16.9. The van der Waals surface area contributed by atoms with Crippen LogP contribution in [0.1, 0.15) is 15.9 Å². The maximum absolute atomic E-state index is 12.9. The number of aromatic nitrogens is 1. The Bertz CT molecular complexity index is 897. The minimum absolute atomic E-state index is 0.0143. The molecular formula is C18H15BrN2O. The van der Waals surface area contributed by atoms with Crippen molar-refractivity contribution in [1.29, 1.82) is 0 Å². The Hall–Kier alpha value is -2.07. The number of carbonyl (C=O) groups is 1. The molecule has 2 aromatic carbocycles. The lowest BCUT2D eigenvalue weighted by molar-refractivity contribution is 0.0845. The summed E-state index contributed by atoms with van der Waals surface area (Å²) in [7, 11) is 0. The van der Waals surface area contributed by atoms with E-state index in [-0.39, 0.29) is 11.8 Å². The van der Waals surface area contributed by atoms with Crippen LogP contribution in [-0.4, -0.2) is 10.5 Å². The van der Waals surface area contributed by atoms with Crippen LogP contribution in [0.4, 0.5) is 5.69 Å². The molecule has 0 fully saturated rings. The highest BCUT2D eigenvalue weighted by atomic mass is 79.9. The van der Waals surface area contributed by atoms with E-state index in [1.807, 2.05) is 36.5 Å². The van der Waals surface area contributed by atoms with Gasteiger partial charge in [-0.2, -0.15) is 0 Å². The third-order valence-electron chi connectivity index (χ3n) is 4.43. The summed E-state index contributed by atoms with van der Waals surface area (Å²) in [5.74, 6) is 0.111. The van der Waals surface area contributed by atoms with Crippen LogP contribution in [-0.2, 0) is 12.8 Å². The minimum Gasteiger partial charge on any atom is -0.397 e. The smallest absolute Gasteiger partial charge is 0.234 e. The highest BCUT2D eigenvalue weighted by molar-refractivity contribution is 9.10. The number of fused-ring (bicyclic) bond motifs is 2. The SMILES string of the molecule is Nc1cccc2ccn(C(=O)C3Cc4ccc(Br)cc4C3)c12. The number of nitrogen functional groups attached to an aromatic ring is 1. The number of rotatable bonds is 1. The zero-order chi connectivity index (χ0) is 15.3. The summed E-state index contributed by atoms with van der Waals surface area (Å²) in [4.78, 5) is 12.9. The zero-order valence-corrected chi connectivity index (χ0v) is 13.5. The van der Waals surface area contributed by atoms with Gasteiger partial charge in [-0.15, -0.1) is 0 Å². The van der Waals surface area contributed by atoms with Gasteiger partial charge in [0, 0.05) is 22.0 Å². The molecule has 1 atom stereocenters. The molecular weight excluding hydrogens is 340 g/mol. The molecule has 0 spiro atoms. The molecule has 22 heavy (non-hydrogen) atoms. The number of anilines is 1. The monoisotopic (exact) mass is 354 g/mol. The number of halogens is 1. The highest BCUT2D eigenvalue weighted by Crippen LogP contribution is 2.31. The molecule has 4 heteroatoms. The second-order valence-corrected chi connectivity index (χ2v) is 6.74. The fourth-order valence-electron chi connectivity index (χ4n) is 3.36. The van der Waals surface area contributed by atoms with Crippen molar-refractivity contribution in [3.05, 3.63) is 64.3 Å². The highest BCUT2D eigenvalue weighted by Gasteiger charge is 2.29. The largest absolute Gasteiger partial charge is 0.397 e. The van der Waals surface area contributed by atoms with Crippen LogP contribution < -0.4 is 5.73 Å². The molecule has 0 saturated carbocycles. The number of hydrogen-bond donors (Lipinski definition) is 1. The van der Waals surface area contributed by atoms with E-state index in [9.17, 15) is 4.79 Å². The third kappa shape index (κ3) is 2.06. The number of carbonyl (C=O) groups excluding carboxylic acids is 1. The van der Waals surface area contributed by atoms with Gasteiger partial charge in [0.25, 0.3) is 0 Å². The molecule has 4 rings (SSSR count). The Kier molecular flexibility index (Phi) is 3.08. The molecule has 3 nitrogen and oxygen atoms in total. The van der Waals surface area contributed by atoms with E-state index in [1.54, 1.807) is 4.57 Å². The quantitative estimate of drug-likeness (QED) is 0.670. The molecule has 2 N–H and O–H groups in total. The van der Waals surface area contributed by atoms with Crippen molar-refractivity contribution < 1.29 is 4.79 Å². The van der Waals surface area contributed by atoms with Gasteiger partial charge in [-0.3, -0.25) is 9.36 Å². The van der Waals surface area contributed by atoms with Crippen molar-refractivity contribution in [3.8, 4) is 0 Å². The Morgan fingerprint density at radius 1 is 1.14 bits per heavy atom. The van der Waals surface area contributed by atoms with Crippen LogP contribution in [0.2, 0.25) is 0 Å². The van der Waals surface area contributed by atoms with Gasteiger partial charge < -0.3 is 5.73 Å². The Balaban J connectivity index is 1.71. The maximum atomic E-state index is 12.9. The lowest BCUT2D eigenvalue weighted by atomic mass is 10.1. The molecule has 0 radical (unpaired) electrons. The lowest BCUT2D eigenvalue weighted by Crippen LogP contribution is -2.21. The molecule has 3 aromatic rings. The Morgan fingerprint density at radius 2 is 1.95 bits per heavy atom. The van der Waals surface area contributed by atoms with Gasteiger partial charge >= 0.3 is 0 Å². The average Bonchev–Trinajstić information content (AvgIpc) is 3.10. The number of nitrogens with zero attached hydrogens (tertiary/aromatic N) is 1. The second-order valence-electron chi connectivity index (χ2n) is 5.83. The first kappa shape index (κ1) is 13.6. The molecule has 1 heterocycles. The van der Waals surface area contributed by atoms with Crippen molar-refractivity contribution in [1.82, 2.24) is 4.57 Å². The summed E-state index contributed by atoms with van der Waals surface area (Å²) in [5, 5.41) is 1.01. The van der Waals surface area contributed by atoms with Gasteiger partial charge in [-0.25, -0.2) is 0 Å². The average molecular weight is 355 g/mol. The minimum atomic E-state index is -0.0143. The van der Waals surface area contributed by atoms with Crippen LogP contribution >= 0.6 is 15.9 Å². The molecule has 1 aliphatic carbocycles. The van der Waals surface area contributed by atoms with Crippen molar-refractivity contribution >= 4 is 38.4 Å².